The van der Waals surface area contributed by atoms with E-state index in [1.807, 2.05) is 12.1 Å². The average molecular weight is 266 g/mol. The van der Waals surface area contributed by atoms with Gasteiger partial charge in [0.2, 0.25) is 0 Å². The first-order valence-corrected chi connectivity index (χ1v) is 6.51. The van der Waals surface area contributed by atoms with Gasteiger partial charge in [0.05, 0.1) is 11.7 Å². The lowest BCUT2D eigenvalue weighted by molar-refractivity contribution is -0.255. The smallest absolute Gasteiger partial charge is 0.0716 e. The van der Waals surface area contributed by atoms with Gasteiger partial charge in [-0.15, -0.1) is 0 Å². The van der Waals surface area contributed by atoms with Crippen LogP contribution >= 0.6 is 0 Å². The van der Waals surface area contributed by atoms with Crippen LogP contribution in [-0.2, 0) is 0 Å². The molecule has 0 saturated carbocycles. The van der Waals surface area contributed by atoms with E-state index >= 15 is 0 Å². The first-order chi connectivity index (χ1) is 9.56. The lowest BCUT2D eigenvalue weighted by atomic mass is 10.0. The fourth-order valence-corrected chi connectivity index (χ4v) is 1.83. The van der Waals surface area contributed by atoms with Gasteiger partial charge in [-0.05, 0) is 34.7 Å². The Kier molecular flexibility index (Phi) is 4.31. The highest BCUT2D eigenvalue weighted by atomic mass is 16.4. The van der Waals surface area contributed by atoms with Crippen LogP contribution in [-0.4, -0.2) is 12.2 Å². The summed E-state index contributed by atoms with van der Waals surface area (Å²) in [7, 11) is 0. The zero-order valence-corrected chi connectivity index (χ0v) is 11.5. The summed E-state index contributed by atoms with van der Waals surface area (Å²) in [5, 5.41) is 10.8. The van der Waals surface area contributed by atoms with Gasteiger partial charge in [0.15, 0.2) is 0 Å². The molecule has 0 radical (unpaired) electrons. The second kappa shape index (κ2) is 6.15. The lowest BCUT2D eigenvalue weighted by Crippen LogP contribution is -2.21. The number of aliphatic imine (C=N–C) groups is 1. The van der Waals surface area contributed by atoms with Crippen molar-refractivity contribution in [1.29, 1.82) is 0 Å². The first-order valence-electron chi connectivity index (χ1n) is 6.51. The monoisotopic (exact) mass is 266 g/mol. The third kappa shape index (κ3) is 3.54. The summed E-state index contributed by atoms with van der Waals surface area (Å²) in [6.07, 6.45) is 1.72. The maximum absolute atomic E-state index is 10.8. The van der Waals surface area contributed by atoms with Gasteiger partial charge in [0.25, 0.3) is 0 Å². The third-order valence-corrected chi connectivity index (χ3v) is 3.05. The highest BCUT2D eigenvalue weighted by Gasteiger charge is 1.98. The van der Waals surface area contributed by atoms with E-state index in [1.165, 1.54) is 17.7 Å². The summed E-state index contributed by atoms with van der Waals surface area (Å²) in [5.41, 5.74) is 2.99. The largest absolute Gasteiger partial charge is 0.545 e. The minimum absolute atomic E-state index is 0.134. The van der Waals surface area contributed by atoms with Crippen molar-refractivity contribution in [2.75, 3.05) is 0 Å². The first kappa shape index (κ1) is 14.0. The molecule has 0 atom stereocenters. The summed E-state index contributed by atoms with van der Waals surface area (Å²) in [4.78, 5) is 15.0. The Morgan fingerprint density at radius 2 is 1.85 bits per heavy atom. The van der Waals surface area contributed by atoms with Crippen LogP contribution in [0.5, 0.6) is 0 Å². The SMILES string of the molecule is CC(C)c1ccc(C=Nc2cccc(C(=O)[O-])c2)cc1. The molecular weight excluding hydrogens is 250 g/mol. The van der Waals surface area contributed by atoms with E-state index in [9.17, 15) is 9.90 Å². The highest BCUT2D eigenvalue weighted by molar-refractivity contribution is 5.88. The predicted octanol–water partition coefficient (Wildman–Crippen LogP) is 2.92. The molecular formula is C17H16NO2-. The van der Waals surface area contributed by atoms with Crippen molar-refractivity contribution in [3.05, 3.63) is 65.2 Å². The number of carboxylic acid groups (broad SMARTS) is 1. The van der Waals surface area contributed by atoms with Crippen molar-refractivity contribution in [3.63, 3.8) is 0 Å². The molecule has 0 spiro atoms. The Morgan fingerprint density at radius 1 is 1.15 bits per heavy atom. The zero-order chi connectivity index (χ0) is 14.5. The van der Waals surface area contributed by atoms with E-state index in [1.54, 1.807) is 18.3 Å². The number of hydrogen-bond acceptors (Lipinski definition) is 3. The molecule has 2 rings (SSSR count). The molecule has 2 aromatic carbocycles. The van der Waals surface area contributed by atoms with Gasteiger partial charge in [0, 0.05) is 6.21 Å². The van der Waals surface area contributed by atoms with Crippen molar-refractivity contribution < 1.29 is 9.90 Å². The summed E-state index contributed by atoms with van der Waals surface area (Å²) in [6, 6.07) is 14.5. The Balaban J connectivity index is 2.16. The van der Waals surface area contributed by atoms with Crippen LogP contribution in [0, 0.1) is 0 Å². The molecule has 0 fully saturated rings. The van der Waals surface area contributed by atoms with Crippen LogP contribution in [0.1, 0.15) is 41.3 Å². The number of carboxylic acids is 1. The van der Waals surface area contributed by atoms with Gasteiger partial charge in [-0.1, -0.05) is 50.2 Å². The number of rotatable bonds is 4. The summed E-state index contributed by atoms with van der Waals surface area (Å²) in [6.45, 7) is 4.29. The fraction of sp³-hybridized carbons (Fsp3) is 0.176. The van der Waals surface area contributed by atoms with Crippen LogP contribution in [0.3, 0.4) is 0 Å². The Bertz CT molecular complexity index is 628. The van der Waals surface area contributed by atoms with Crippen molar-refractivity contribution in [2.45, 2.75) is 19.8 Å². The number of carbonyl (C=O) groups is 1. The molecule has 0 amide bonds. The molecule has 0 aromatic heterocycles. The number of hydrogen-bond donors (Lipinski definition) is 0. The standard InChI is InChI=1S/C17H17NO2/c1-12(2)14-8-6-13(7-9-14)11-18-16-5-3-4-15(10-16)17(19)20/h3-12H,1-2H3,(H,19,20)/p-1. The van der Waals surface area contributed by atoms with E-state index in [0.29, 0.717) is 11.6 Å². The van der Waals surface area contributed by atoms with Gasteiger partial charge in [0.1, 0.15) is 0 Å². The summed E-state index contributed by atoms with van der Waals surface area (Å²) < 4.78 is 0. The highest BCUT2D eigenvalue weighted by Crippen LogP contribution is 2.16. The molecule has 0 bridgehead atoms. The molecule has 102 valence electrons. The Labute approximate surface area is 118 Å². The van der Waals surface area contributed by atoms with Gasteiger partial charge in [-0.2, -0.15) is 0 Å². The molecule has 2 aromatic rings. The van der Waals surface area contributed by atoms with Crippen molar-refractivity contribution in [1.82, 2.24) is 0 Å². The molecule has 0 aliphatic carbocycles. The Morgan fingerprint density at radius 3 is 2.45 bits per heavy atom. The van der Waals surface area contributed by atoms with Gasteiger partial charge >= 0.3 is 0 Å². The minimum atomic E-state index is -1.19. The zero-order valence-electron chi connectivity index (χ0n) is 11.5. The molecule has 0 aliphatic rings. The minimum Gasteiger partial charge on any atom is -0.545 e. The fourth-order valence-electron chi connectivity index (χ4n) is 1.83. The van der Waals surface area contributed by atoms with Crippen LogP contribution < -0.4 is 5.11 Å². The van der Waals surface area contributed by atoms with E-state index in [-0.39, 0.29) is 5.56 Å². The quantitative estimate of drug-likeness (QED) is 0.799. The Hall–Kier alpha value is -2.42. The topological polar surface area (TPSA) is 52.5 Å². The second-order valence-corrected chi connectivity index (χ2v) is 4.92. The van der Waals surface area contributed by atoms with E-state index in [0.717, 1.165) is 5.56 Å². The molecule has 20 heavy (non-hydrogen) atoms. The van der Waals surface area contributed by atoms with Crippen LogP contribution in [0.25, 0.3) is 0 Å². The summed E-state index contributed by atoms with van der Waals surface area (Å²) >= 11 is 0. The van der Waals surface area contributed by atoms with Gasteiger partial charge < -0.3 is 9.90 Å². The van der Waals surface area contributed by atoms with Crippen LogP contribution in [0.2, 0.25) is 0 Å². The maximum Gasteiger partial charge on any atom is 0.0716 e. The van der Waals surface area contributed by atoms with Crippen molar-refractivity contribution in [3.8, 4) is 0 Å². The molecule has 0 unspecified atom stereocenters. The average Bonchev–Trinajstić information content (AvgIpc) is 2.46. The third-order valence-electron chi connectivity index (χ3n) is 3.05. The summed E-state index contributed by atoms with van der Waals surface area (Å²) in [5.74, 6) is -0.691. The molecule has 0 heterocycles. The molecule has 3 nitrogen and oxygen atoms in total. The second-order valence-electron chi connectivity index (χ2n) is 4.92. The van der Waals surface area contributed by atoms with Crippen molar-refractivity contribution in [2.24, 2.45) is 4.99 Å². The number of carbonyl (C=O) groups excluding carboxylic acids is 1. The number of benzene rings is 2. The predicted molar refractivity (Wildman–Crippen MR) is 78.6 cm³/mol. The number of nitrogens with zero attached hydrogens (tertiary/aromatic N) is 1. The van der Waals surface area contributed by atoms with E-state index in [4.69, 9.17) is 0 Å². The van der Waals surface area contributed by atoms with Gasteiger partial charge in [-0.25, -0.2) is 0 Å². The maximum atomic E-state index is 10.8. The molecule has 0 saturated heterocycles. The molecule has 3 heteroatoms. The molecule has 0 aliphatic heterocycles. The lowest BCUT2D eigenvalue weighted by Gasteiger charge is -2.04. The normalized spacial score (nSPS) is 11.2. The van der Waals surface area contributed by atoms with Crippen LogP contribution in [0.4, 0.5) is 5.69 Å². The van der Waals surface area contributed by atoms with E-state index in [2.05, 4.69) is 31.0 Å². The molecule has 0 N–H and O–H groups in total. The number of aromatic carboxylic acids is 1. The van der Waals surface area contributed by atoms with Crippen molar-refractivity contribution >= 4 is 17.9 Å². The van der Waals surface area contributed by atoms with E-state index < -0.39 is 5.97 Å². The van der Waals surface area contributed by atoms with Crippen LogP contribution in [0.15, 0.2) is 53.5 Å². The van der Waals surface area contributed by atoms with Gasteiger partial charge in [-0.3, -0.25) is 4.99 Å².